The molecule has 0 saturated heterocycles. The van der Waals surface area contributed by atoms with E-state index in [1.165, 1.54) is 18.3 Å². The Kier molecular flexibility index (Phi) is 3.01. The first kappa shape index (κ1) is 10.8. The van der Waals surface area contributed by atoms with Crippen LogP contribution < -0.4 is 4.74 Å². The van der Waals surface area contributed by atoms with Crippen LogP contribution >= 0.6 is 11.3 Å². The monoisotopic (exact) mass is 233 g/mol. The van der Waals surface area contributed by atoms with E-state index in [9.17, 15) is 4.79 Å². The maximum Gasteiger partial charge on any atom is 0.188 e. The van der Waals surface area contributed by atoms with Gasteiger partial charge in [0, 0.05) is 18.7 Å². The third-order valence-corrected chi connectivity index (χ3v) is 3.31. The predicted molar refractivity (Wildman–Crippen MR) is 64.1 cm³/mol. The van der Waals surface area contributed by atoms with Gasteiger partial charge in [-0.05, 0) is 12.1 Å². The molecule has 2 rings (SSSR count). The van der Waals surface area contributed by atoms with Crippen LogP contribution in [-0.2, 0) is 0 Å². The zero-order valence-corrected chi connectivity index (χ0v) is 9.88. The molecule has 4 heteroatoms. The number of nitrogens with zero attached hydrogens (tertiary/aromatic N) is 1. The normalized spacial score (nSPS) is 10.1. The number of rotatable bonds is 3. The molecule has 0 aliphatic carbocycles. The van der Waals surface area contributed by atoms with Crippen molar-refractivity contribution < 1.29 is 9.53 Å². The largest absolute Gasteiger partial charge is 0.496 e. The Morgan fingerprint density at radius 1 is 1.38 bits per heavy atom. The van der Waals surface area contributed by atoms with E-state index in [0.717, 1.165) is 16.2 Å². The number of benzene rings is 1. The molecule has 1 aromatic heterocycles. The lowest BCUT2D eigenvalue weighted by Crippen LogP contribution is -1.87. The molecule has 0 unspecified atom stereocenters. The molecular weight excluding hydrogens is 222 g/mol. The number of ketones is 1. The predicted octanol–water partition coefficient (Wildman–Crippen LogP) is 3.02. The number of carbonyl (C=O) groups excluding carboxylic acids is 1. The number of hydrogen-bond donors (Lipinski definition) is 0. The molecule has 0 bridgehead atoms. The van der Waals surface area contributed by atoms with Gasteiger partial charge in [0.05, 0.1) is 12.0 Å². The molecule has 0 aliphatic heterocycles. The lowest BCUT2D eigenvalue weighted by Gasteiger charge is -2.04. The van der Waals surface area contributed by atoms with Gasteiger partial charge in [-0.2, -0.15) is 0 Å². The van der Waals surface area contributed by atoms with Crippen LogP contribution in [0, 0.1) is 0 Å². The molecule has 0 N–H and O–H groups in total. The number of aromatic nitrogens is 1. The van der Waals surface area contributed by atoms with E-state index in [0.29, 0.717) is 5.01 Å². The summed E-state index contributed by atoms with van der Waals surface area (Å²) in [5, 5.41) is 0.529. The van der Waals surface area contributed by atoms with E-state index in [2.05, 4.69) is 4.98 Å². The van der Waals surface area contributed by atoms with Crippen LogP contribution in [0.1, 0.15) is 16.7 Å². The van der Waals surface area contributed by atoms with Crippen LogP contribution in [0.2, 0.25) is 0 Å². The van der Waals surface area contributed by atoms with Crippen LogP contribution in [0.3, 0.4) is 0 Å². The van der Waals surface area contributed by atoms with Gasteiger partial charge in [-0.15, -0.1) is 11.3 Å². The van der Waals surface area contributed by atoms with Gasteiger partial charge in [0.1, 0.15) is 5.75 Å². The summed E-state index contributed by atoms with van der Waals surface area (Å²) in [4.78, 5) is 16.2. The van der Waals surface area contributed by atoms with Gasteiger partial charge in [0.25, 0.3) is 0 Å². The Balaban J connectivity index is 2.46. The lowest BCUT2D eigenvalue weighted by atomic mass is 10.2. The van der Waals surface area contributed by atoms with Crippen LogP contribution in [0.15, 0.2) is 30.5 Å². The standard InChI is InChI=1S/C12H11NO2S/c1-8(14)12-13-7-11(16-12)9-5-3-4-6-10(9)15-2/h3-7H,1-2H3. The number of hydrogen-bond acceptors (Lipinski definition) is 4. The minimum absolute atomic E-state index is 0.00820. The van der Waals surface area contributed by atoms with Crippen LogP contribution in [-0.4, -0.2) is 17.9 Å². The molecule has 2 aromatic rings. The number of thiazole rings is 1. The summed E-state index contributed by atoms with van der Waals surface area (Å²) in [5.74, 6) is 0.785. The topological polar surface area (TPSA) is 39.2 Å². The first-order valence-corrected chi connectivity index (χ1v) is 5.64. The molecule has 0 atom stereocenters. The van der Waals surface area contributed by atoms with Crippen LogP contribution in [0.25, 0.3) is 10.4 Å². The lowest BCUT2D eigenvalue weighted by molar-refractivity contribution is 0.101. The zero-order valence-electron chi connectivity index (χ0n) is 9.06. The number of methoxy groups -OCH3 is 1. The molecule has 1 aromatic carbocycles. The molecule has 0 spiro atoms. The highest BCUT2D eigenvalue weighted by atomic mass is 32.1. The highest BCUT2D eigenvalue weighted by Gasteiger charge is 2.10. The molecule has 0 radical (unpaired) electrons. The van der Waals surface area contributed by atoms with Crippen molar-refractivity contribution in [1.82, 2.24) is 4.98 Å². The molecule has 0 aliphatic rings. The fraction of sp³-hybridized carbons (Fsp3) is 0.167. The summed E-state index contributed by atoms with van der Waals surface area (Å²) in [6.45, 7) is 1.52. The molecule has 0 fully saturated rings. The Bertz CT molecular complexity index is 519. The average Bonchev–Trinajstić information content (AvgIpc) is 2.78. The van der Waals surface area contributed by atoms with Crippen molar-refractivity contribution >= 4 is 17.1 Å². The number of para-hydroxylation sites is 1. The fourth-order valence-corrected chi connectivity index (χ4v) is 2.25. The Morgan fingerprint density at radius 3 is 2.75 bits per heavy atom. The summed E-state index contributed by atoms with van der Waals surface area (Å²) in [7, 11) is 1.63. The number of carbonyl (C=O) groups is 1. The van der Waals surface area contributed by atoms with Crippen molar-refractivity contribution in [3.8, 4) is 16.2 Å². The molecule has 16 heavy (non-hydrogen) atoms. The second-order valence-electron chi connectivity index (χ2n) is 3.29. The second-order valence-corrected chi connectivity index (χ2v) is 4.32. The zero-order chi connectivity index (χ0) is 11.5. The van der Waals surface area contributed by atoms with Crippen molar-refractivity contribution in [2.24, 2.45) is 0 Å². The minimum Gasteiger partial charge on any atom is -0.496 e. The molecule has 0 amide bonds. The van der Waals surface area contributed by atoms with Crippen molar-refractivity contribution in [3.05, 3.63) is 35.5 Å². The van der Waals surface area contributed by atoms with Crippen molar-refractivity contribution in [3.63, 3.8) is 0 Å². The van der Waals surface area contributed by atoms with Crippen LogP contribution in [0.5, 0.6) is 5.75 Å². The molecule has 0 saturated carbocycles. The average molecular weight is 233 g/mol. The summed E-state index contributed by atoms with van der Waals surface area (Å²) in [5.41, 5.74) is 0.968. The Hall–Kier alpha value is -1.68. The summed E-state index contributed by atoms with van der Waals surface area (Å²) in [6, 6.07) is 7.69. The van der Waals surface area contributed by atoms with Gasteiger partial charge < -0.3 is 4.74 Å². The molecular formula is C12H11NO2S. The maximum atomic E-state index is 11.2. The van der Waals surface area contributed by atoms with E-state index in [4.69, 9.17) is 4.74 Å². The van der Waals surface area contributed by atoms with Crippen LogP contribution in [0.4, 0.5) is 0 Å². The smallest absolute Gasteiger partial charge is 0.188 e. The number of Topliss-reactive ketones (excluding diaryl/α,β-unsaturated/α-hetero) is 1. The third-order valence-electron chi connectivity index (χ3n) is 2.18. The maximum absolute atomic E-state index is 11.2. The number of ether oxygens (including phenoxy) is 1. The van der Waals surface area contributed by atoms with Gasteiger partial charge in [0.15, 0.2) is 10.8 Å². The van der Waals surface area contributed by atoms with E-state index in [-0.39, 0.29) is 5.78 Å². The van der Waals surface area contributed by atoms with Gasteiger partial charge in [-0.25, -0.2) is 4.98 Å². The van der Waals surface area contributed by atoms with E-state index in [1.54, 1.807) is 13.3 Å². The van der Waals surface area contributed by atoms with Gasteiger partial charge in [-0.1, -0.05) is 12.1 Å². The van der Waals surface area contributed by atoms with E-state index >= 15 is 0 Å². The fourth-order valence-electron chi connectivity index (χ4n) is 1.41. The SMILES string of the molecule is COc1ccccc1-c1cnc(C(C)=O)s1. The van der Waals surface area contributed by atoms with Crippen molar-refractivity contribution in [2.75, 3.05) is 7.11 Å². The summed E-state index contributed by atoms with van der Waals surface area (Å²) >= 11 is 1.38. The molecule has 1 heterocycles. The minimum atomic E-state index is -0.00820. The third kappa shape index (κ3) is 1.97. The Morgan fingerprint density at radius 2 is 2.12 bits per heavy atom. The first-order chi connectivity index (χ1) is 7.72. The summed E-state index contributed by atoms with van der Waals surface area (Å²) in [6.07, 6.45) is 1.71. The van der Waals surface area contributed by atoms with Gasteiger partial charge >= 0.3 is 0 Å². The van der Waals surface area contributed by atoms with E-state index in [1.807, 2.05) is 24.3 Å². The van der Waals surface area contributed by atoms with Crippen molar-refractivity contribution in [1.29, 1.82) is 0 Å². The van der Waals surface area contributed by atoms with Crippen molar-refractivity contribution in [2.45, 2.75) is 6.92 Å². The highest BCUT2D eigenvalue weighted by Crippen LogP contribution is 2.33. The summed E-state index contributed by atoms with van der Waals surface area (Å²) < 4.78 is 5.26. The van der Waals surface area contributed by atoms with E-state index < -0.39 is 0 Å². The quantitative estimate of drug-likeness (QED) is 0.765. The van der Waals surface area contributed by atoms with Gasteiger partial charge in [0.2, 0.25) is 0 Å². The second kappa shape index (κ2) is 4.45. The highest BCUT2D eigenvalue weighted by molar-refractivity contribution is 7.17. The first-order valence-electron chi connectivity index (χ1n) is 4.82. The molecule has 3 nitrogen and oxygen atoms in total. The van der Waals surface area contributed by atoms with Gasteiger partial charge in [-0.3, -0.25) is 4.79 Å². The molecule has 82 valence electrons. The Labute approximate surface area is 97.7 Å².